The minimum Gasteiger partial charge on any atom is -0.390 e. The first-order valence-electron chi connectivity index (χ1n) is 11.6. The molecule has 3 aromatic carbocycles. The summed E-state index contributed by atoms with van der Waals surface area (Å²) in [5, 5.41) is 22.0. The number of hydrogen-bond acceptors (Lipinski definition) is 6. The van der Waals surface area contributed by atoms with Gasteiger partial charge in [0.25, 0.3) is 0 Å². The van der Waals surface area contributed by atoms with Crippen LogP contribution in [0.15, 0.2) is 83.9 Å². The van der Waals surface area contributed by atoms with Crippen molar-refractivity contribution in [1.82, 2.24) is 24.8 Å². The molecule has 0 fully saturated rings. The van der Waals surface area contributed by atoms with Crippen molar-refractivity contribution in [3.05, 3.63) is 89.7 Å². The largest absolute Gasteiger partial charge is 0.390 e. The second-order valence-electron chi connectivity index (χ2n) is 8.97. The molecule has 2 aromatic heterocycles. The molecule has 39 heavy (non-hydrogen) atoms. The van der Waals surface area contributed by atoms with Crippen LogP contribution in [0.1, 0.15) is 5.69 Å². The third kappa shape index (κ3) is 5.20. The van der Waals surface area contributed by atoms with Crippen molar-refractivity contribution in [3.8, 4) is 39.3 Å². The van der Waals surface area contributed by atoms with Crippen LogP contribution in [0.25, 0.3) is 39.3 Å². The molecular weight excluding hydrogens is 548 g/mol. The summed E-state index contributed by atoms with van der Waals surface area (Å²) in [6.45, 7) is -1.38. The Hall–Kier alpha value is -3.93. The summed E-state index contributed by atoms with van der Waals surface area (Å²) in [5.74, 6) is -3.52. The van der Waals surface area contributed by atoms with E-state index in [0.717, 1.165) is 11.8 Å². The monoisotopic (exact) mass is 569 g/mol. The minimum atomic E-state index is -3.52. The SMILES string of the molecule is Cn1nc(C(F)(F)CO)cc1-c1ccc(-c2cccc(S(C)(=O)=O)c2)cc1-n1nncc1-c1ccc(Cl)cc1. The van der Waals surface area contributed by atoms with E-state index in [4.69, 9.17) is 11.6 Å². The van der Waals surface area contributed by atoms with Gasteiger partial charge in [-0.2, -0.15) is 13.9 Å². The molecule has 1 N–H and O–H groups in total. The number of sulfone groups is 1. The molecule has 0 saturated heterocycles. The van der Waals surface area contributed by atoms with Crippen LogP contribution in [0.2, 0.25) is 5.02 Å². The van der Waals surface area contributed by atoms with Crippen molar-refractivity contribution in [2.45, 2.75) is 10.8 Å². The van der Waals surface area contributed by atoms with Crippen molar-refractivity contribution in [3.63, 3.8) is 0 Å². The first-order valence-corrected chi connectivity index (χ1v) is 13.9. The Kier molecular flexibility index (Phi) is 6.83. The lowest BCUT2D eigenvalue weighted by molar-refractivity contribution is -0.0595. The van der Waals surface area contributed by atoms with E-state index < -0.39 is 28.1 Å². The van der Waals surface area contributed by atoms with Gasteiger partial charge in [-0.05, 0) is 47.5 Å². The molecule has 200 valence electrons. The second-order valence-corrected chi connectivity index (χ2v) is 11.4. The molecule has 0 amide bonds. The van der Waals surface area contributed by atoms with E-state index in [0.29, 0.717) is 38.8 Å². The van der Waals surface area contributed by atoms with Gasteiger partial charge in [-0.3, -0.25) is 4.68 Å². The van der Waals surface area contributed by atoms with Crippen LogP contribution in [-0.2, 0) is 22.8 Å². The molecule has 0 aliphatic carbocycles. The smallest absolute Gasteiger partial charge is 0.314 e. The van der Waals surface area contributed by atoms with E-state index in [9.17, 15) is 22.3 Å². The fraction of sp³-hybridized carbons (Fsp3) is 0.148. The third-order valence-electron chi connectivity index (χ3n) is 6.24. The highest BCUT2D eigenvalue weighted by Gasteiger charge is 2.34. The topological polar surface area (TPSA) is 103 Å². The van der Waals surface area contributed by atoms with Crippen LogP contribution in [0.3, 0.4) is 0 Å². The molecule has 0 saturated carbocycles. The van der Waals surface area contributed by atoms with Crippen LogP contribution in [-0.4, -0.2) is 51.2 Å². The number of aromatic nitrogens is 5. The molecule has 12 heteroatoms. The minimum absolute atomic E-state index is 0.163. The zero-order valence-corrected chi connectivity index (χ0v) is 22.3. The summed E-state index contributed by atoms with van der Waals surface area (Å²) in [5.41, 5.74) is 3.44. The number of halogens is 3. The molecule has 2 heterocycles. The zero-order valence-electron chi connectivity index (χ0n) is 20.8. The van der Waals surface area contributed by atoms with E-state index in [2.05, 4.69) is 15.4 Å². The standard InChI is InChI=1S/C27H22ClF2N5O3S/c1-34-23(14-26(32-34)27(29,30)16-36)22-11-8-19(18-4-3-5-21(12-18)39(2,37)38)13-24(22)35-25(15-31-33-35)17-6-9-20(28)10-7-17/h3-15,36H,16H2,1-2H3. The van der Waals surface area contributed by atoms with Gasteiger partial charge in [-0.1, -0.05) is 53.2 Å². The summed E-state index contributed by atoms with van der Waals surface area (Å²) < 4.78 is 55.8. The molecular formula is C27H22ClF2N5O3S. The van der Waals surface area contributed by atoms with E-state index in [1.165, 1.54) is 23.9 Å². The normalized spacial score (nSPS) is 12.2. The maximum absolute atomic E-state index is 14.3. The number of nitrogens with zero attached hydrogens (tertiary/aromatic N) is 5. The van der Waals surface area contributed by atoms with Gasteiger partial charge in [0.05, 0.1) is 28.2 Å². The Morgan fingerprint density at radius 3 is 2.33 bits per heavy atom. The van der Waals surface area contributed by atoms with E-state index in [1.54, 1.807) is 71.5 Å². The molecule has 0 unspecified atom stereocenters. The van der Waals surface area contributed by atoms with Crippen LogP contribution in [0, 0.1) is 0 Å². The van der Waals surface area contributed by atoms with E-state index >= 15 is 0 Å². The van der Waals surface area contributed by atoms with Crippen LogP contribution >= 0.6 is 11.6 Å². The summed E-state index contributed by atoms with van der Waals surface area (Å²) in [6, 6.07) is 20.1. The van der Waals surface area contributed by atoms with Gasteiger partial charge < -0.3 is 5.11 Å². The lowest BCUT2D eigenvalue weighted by Crippen LogP contribution is -2.19. The van der Waals surface area contributed by atoms with Crippen molar-refractivity contribution < 1.29 is 22.3 Å². The van der Waals surface area contributed by atoms with Gasteiger partial charge in [0, 0.05) is 29.5 Å². The van der Waals surface area contributed by atoms with Crippen molar-refractivity contribution in [2.24, 2.45) is 7.05 Å². The second kappa shape index (κ2) is 9.99. The Labute approximate surface area is 228 Å². The van der Waals surface area contributed by atoms with Gasteiger partial charge in [0.15, 0.2) is 9.84 Å². The Morgan fingerprint density at radius 2 is 1.64 bits per heavy atom. The maximum atomic E-state index is 14.3. The van der Waals surface area contributed by atoms with Crippen LogP contribution in [0.5, 0.6) is 0 Å². The molecule has 0 aliphatic heterocycles. The molecule has 8 nitrogen and oxygen atoms in total. The average molecular weight is 570 g/mol. The molecule has 5 rings (SSSR count). The van der Waals surface area contributed by atoms with Crippen LogP contribution in [0.4, 0.5) is 8.78 Å². The highest BCUT2D eigenvalue weighted by atomic mass is 35.5. The lowest BCUT2D eigenvalue weighted by Gasteiger charge is -2.15. The fourth-order valence-corrected chi connectivity index (χ4v) is 5.01. The summed E-state index contributed by atoms with van der Waals surface area (Å²) >= 11 is 6.07. The van der Waals surface area contributed by atoms with Gasteiger partial charge in [0.1, 0.15) is 12.3 Å². The van der Waals surface area contributed by atoms with Crippen molar-refractivity contribution in [2.75, 3.05) is 12.9 Å². The van der Waals surface area contributed by atoms with E-state index in [-0.39, 0.29) is 4.90 Å². The fourth-order valence-electron chi connectivity index (χ4n) is 4.22. The van der Waals surface area contributed by atoms with Crippen LogP contribution < -0.4 is 0 Å². The number of rotatable bonds is 7. The van der Waals surface area contributed by atoms with Crippen molar-refractivity contribution in [1.29, 1.82) is 0 Å². The quantitative estimate of drug-likeness (QED) is 0.291. The number of aliphatic hydroxyl groups excluding tert-OH is 1. The van der Waals surface area contributed by atoms with Crippen molar-refractivity contribution >= 4 is 21.4 Å². The number of aliphatic hydroxyl groups is 1. The molecule has 0 radical (unpaired) electrons. The number of alkyl halides is 2. The summed E-state index contributed by atoms with van der Waals surface area (Å²) in [7, 11) is -1.92. The average Bonchev–Trinajstić information content (AvgIpc) is 3.56. The Morgan fingerprint density at radius 1 is 0.949 bits per heavy atom. The van der Waals surface area contributed by atoms with Gasteiger partial charge in [0.2, 0.25) is 0 Å². The maximum Gasteiger partial charge on any atom is 0.314 e. The zero-order chi connectivity index (χ0) is 27.9. The Bertz CT molecular complexity index is 1780. The number of aryl methyl sites for hydroxylation is 1. The first-order chi connectivity index (χ1) is 18.5. The predicted octanol–water partition coefficient (Wildman–Crippen LogP) is 5.14. The van der Waals surface area contributed by atoms with E-state index in [1.807, 2.05) is 0 Å². The number of benzene rings is 3. The molecule has 0 aliphatic rings. The third-order valence-corrected chi connectivity index (χ3v) is 7.60. The Balaban J connectivity index is 1.74. The first kappa shape index (κ1) is 26.7. The summed E-state index contributed by atoms with van der Waals surface area (Å²) in [4.78, 5) is 0.163. The van der Waals surface area contributed by atoms with Gasteiger partial charge >= 0.3 is 5.92 Å². The highest BCUT2D eigenvalue weighted by Crippen LogP contribution is 2.36. The molecule has 0 spiro atoms. The molecule has 5 aromatic rings. The number of hydrogen-bond donors (Lipinski definition) is 1. The van der Waals surface area contributed by atoms with Gasteiger partial charge in [-0.25, -0.2) is 13.1 Å². The predicted molar refractivity (Wildman–Crippen MR) is 144 cm³/mol. The molecule has 0 atom stereocenters. The highest BCUT2D eigenvalue weighted by molar-refractivity contribution is 7.90. The lowest BCUT2D eigenvalue weighted by atomic mass is 10.00. The summed E-state index contributed by atoms with van der Waals surface area (Å²) in [6.07, 6.45) is 2.70. The van der Waals surface area contributed by atoms with Gasteiger partial charge in [-0.15, -0.1) is 5.10 Å². The molecule has 0 bridgehead atoms.